The van der Waals surface area contributed by atoms with Crippen molar-refractivity contribution in [3.63, 3.8) is 0 Å². The van der Waals surface area contributed by atoms with Gasteiger partial charge in [0.25, 0.3) is 5.91 Å². The van der Waals surface area contributed by atoms with Crippen molar-refractivity contribution in [2.45, 2.75) is 25.9 Å². The second-order valence-electron chi connectivity index (χ2n) is 9.56. The highest BCUT2D eigenvalue weighted by atomic mass is 19.1. The predicted molar refractivity (Wildman–Crippen MR) is 138 cm³/mol. The zero-order valence-electron chi connectivity index (χ0n) is 21.0. The number of rotatable bonds is 8. The van der Waals surface area contributed by atoms with Crippen molar-refractivity contribution in [2.75, 3.05) is 25.5 Å². The second kappa shape index (κ2) is 10.9. The van der Waals surface area contributed by atoms with Crippen molar-refractivity contribution in [1.29, 1.82) is 0 Å². The molecule has 0 bridgehead atoms. The van der Waals surface area contributed by atoms with Crippen LogP contribution in [0.25, 0.3) is 0 Å². The maximum atomic E-state index is 13.3. The molecule has 9 heteroatoms. The summed E-state index contributed by atoms with van der Waals surface area (Å²) in [5.74, 6) is 1.35. The molecule has 0 saturated carbocycles. The summed E-state index contributed by atoms with van der Waals surface area (Å²) in [6, 6.07) is 16.7. The molecule has 0 atom stereocenters. The molecule has 0 unspecified atom stereocenters. The van der Waals surface area contributed by atoms with Gasteiger partial charge in [0.05, 0.1) is 13.1 Å². The lowest BCUT2D eigenvalue weighted by molar-refractivity contribution is -0.0861. The zero-order valence-corrected chi connectivity index (χ0v) is 21.0. The molecule has 8 nitrogen and oxygen atoms in total. The number of hydrogen-bond acceptors (Lipinski definition) is 5. The number of ether oxygens (including phenoxy) is 2. The van der Waals surface area contributed by atoms with Crippen LogP contribution in [-0.4, -0.2) is 47.7 Å². The molecule has 0 radical (unpaired) electrons. The van der Waals surface area contributed by atoms with Gasteiger partial charge >= 0.3 is 6.03 Å². The van der Waals surface area contributed by atoms with Gasteiger partial charge < -0.3 is 30.1 Å². The van der Waals surface area contributed by atoms with Crippen molar-refractivity contribution in [3.05, 3.63) is 78.1 Å². The van der Waals surface area contributed by atoms with Gasteiger partial charge in [0.2, 0.25) is 0 Å². The first-order valence-electron chi connectivity index (χ1n) is 12.0. The van der Waals surface area contributed by atoms with Crippen molar-refractivity contribution in [1.82, 2.24) is 10.2 Å². The lowest BCUT2D eigenvalue weighted by Crippen LogP contribution is -2.64. The van der Waals surface area contributed by atoms with Gasteiger partial charge in [0.15, 0.2) is 0 Å². The molecule has 0 spiro atoms. The first kappa shape index (κ1) is 26.0. The fraction of sp³-hybridized carbons (Fsp3) is 0.286. The Morgan fingerprint density at radius 3 is 2.00 bits per heavy atom. The van der Waals surface area contributed by atoms with Crippen LogP contribution in [0.4, 0.5) is 14.9 Å². The van der Waals surface area contributed by atoms with Gasteiger partial charge in [-0.05, 0) is 60.9 Å². The zero-order chi connectivity index (χ0) is 26.6. The number of halogens is 1. The Balaban J connectivity index is 1.52. The van der Waals surface area contributed by atoms with Gasteiger partial charge in [-0.2, -0.15) is 0 Å². The van der Waals surface area contributed by atoms with E-state index in [-0.39, 0.29) is 30.8 Å². The molecule has 0 aromatic heterocycles. The van der Waals surface area contributed by atoms with Crippen molar-refractivity contribution in [3.8, 4) is 23.0 Å². The Morgan fingerprint density at radius 2 is 1.49 bits per heavy atom. The topological polar surface area (TPSA) is 100 Å². The Hall–Kier alpha value is -4.11. The van der Waals surface area contributed by atoms with Crippen LogP contribution in [0.5, 0.6) is 23.0 Å². The molecule has 0 aliphatic carbocycles. The van der Waals surface area contributed by atoms with Gasteiger partial charge in [-0.15, -0.1) is 0 Å². The highest BCUT2D eigenvalue weighted by molar-refractivity contribution is 5.94. The Morgan fingerprint density at radius 1 is 0.946 bits per heavy atom. The fourth-order valence-corrected chi connectivity index (χ4v) is 4.25. The van der Waals surface area contributed by atoms with E-state index in [9.17, 15) is 19.1 Å². The molecule has 3 amide bonds. The highest BCUT2D eigenvalue weighted by Gasteiger charge is 2.43. The first-order chi connectivity index (χ1) is 17.6. The number of carbonyl (C=O) groups excluding carboxylic acids is 2. The molecule has 37 heavy (non-hydrogen) atoms. The van der Waals surface area contributed by atoms with Crippen LogP contribution in [0.3, 0.4) is 0 Å². The number of aliphatic hydroxyl groups is 1. The maximum Gasteiger partial charge on any atom is 0.322 e. The fourth-order valence-electron chi connectivity index (χ4n) is 4.25. The molecule has 3 N–H and O–H groups in total. The molecule has 1 saturated heterocycles. The highest BCUT2D eigenvalue weighted by Crippen LogP contribution is 2.34. The summed E-state index contributed by atoms with van der Waals surface area (Å²) in [4.78, 5) is 26.1. The smallest absolute Gasteiger partial charge is 0.322 e. The SMILES string of the molecule is CNC(=O)c1ccc(Oc2cc(NC(=O)N3CC(O)(CC(C)C)C3)cc(Oc3ccc(F)cc3)c2)cc1. The molecule has 1 aliphatic heterocycles. The minimum Gasteiger partial charge on any atom is -0.457 e. The number of nitrogens with zero attached hydrogens (tertiary/aromatic N) is 1. The molecule has 3 aromatic carbocycles. The predicted octanol–water partition coefficient (Wildman–Crippen LogP) is 5.39. The van der Waals surface area contributed by atoms with Gasteiger partial charge in [0.1, 0.15) is 34.4 Å². The number of anilines is 1. The quantitative estimate of drug-likeness (QED) is 0.379. The summed E-state index contributed by atoms with van der Waals surface area (Å²) in [5, 5.41) is 16.0. The molecule has 1 heterocycles. The monoisotopic (exact) mass is 507 g/mol. The molecule has 3 aromatic rings. The summed E-state index contributed by atoms with van der Waals surface area (Å²) in [6.07, 6.45) is 0.620. The molecule has 194 valence electrons. The molecular formula is C28H30FN3O5. The maximum absolute atomic E-state index is 13.3. The van der Waals surface area contributed by atoms with Crippen molar-refractivity contribution >= 4 is 17.6 Å². The third-order valence-electron chi connectivity index (χ3n) is 5.81. The summed E-state index contributed by atoms with van der Waals surface area (Å²) >= 11 is 0. The van der Waals surface area contributed by atoms with E-state index in [0.29, 0.717) is 46.6 Å². The normalized spacial score (nSPS) is 14.1. The number of β-amino-alcohol motifs (C(OH)–C–C–N with tert-alkyl or cyclic N) is 1. The van der Waals surface area contributed by atoms with Gasteiger partial charge in [-0.3, -0.25) is 4.79 Å². The molecule has 1 fully saturated rings. The number of hydrogen-bond donors (Lipinski definition) is 3. The second-order valence-corrected chi connectivity index (χ2v) is 9.56. The number of amides is 3. The van der Waals surface area contributed by atoms with Gasteiger partial charge in [-0.1, -0.05) is 13.8 Å². The van der Waals surface area contributed by atoms with E-state index in [0.717, 1.165) is 0 Å². The minimum atomic E-state index is -0.867. The van der Waals surface area contributed by atoms with E-state index < -0.39 is 5.60 Å². The Bertz CT molecular complexity index is 1260. The molecular weight excluding hydrogens is 477 g/mol. The van der Waals surface area contributed by atoms with Crippen LogP contribution < -0.4 is 20.1 Å². The largest absolute Gasteiger partial charge is 0.457 e. The van der Waals surface area contributed by atoms with Crippen molar-refractivity contribution < 1.29 is 28.6 Å². The van der Waals surface area contributed by atoms with E-state index in [1.807, 2.05) is 13.8 Å². The summed E-state index contributed by atoms with van der Waals surface area (Å²) in [5.41, 5.74) is 0.0396. The lowest BCUT2D eigenvalue weighted by Gasteiger charge is -2.47. The average Bonchev–Trinajstić information content (AvgIpc) is 2.83. The van der Waals surface area contributed by atoms with E-state index >= 15 is 0 Å². The van der Waals surface area contributed by atoms with E-state index in [2.05, 4.69) is 10.6 Å². The van der Waals surface area contributed by atoms with E-state index in [1.165, 1.54) is 29.2 Å². The lowest BCUT2D eigenvalue weighted by atomic mass is 9.86. The third kappa shape index (κ3) is 6.77. The van der Waals surface area contributed by atoms with Crippen LogP contribution in [0.2, 0.25) is 0 Å². The van der Waals surface area contributed by atoms with Crippen LogP contribution in [0.1, 0.15) is 30.6 Å². The van der Waals surface area contributed by atoms with E-state index in [1.54, 1.807) is 49.5 Å². The molecule has 1 aliphatic rings. The standard InChI is InChI=1S/C28H30FN3O5/c1-18(2)15-28(35)16-32(17-28)27(34)31-21-12-24(36-22-8-4-19(5-9-22)26(33)30-3)14-25(13-21)37-23-10-6-20(29)7-11-23/h4-14,18,35H,15-17H2,1-3H3,(H,30,33)(H,31,34). The van der Waals surface area contributed by atoms with Gasteiger partial charge in [0, 0.05) is 36.5 Å². The third-order valence-corrected chi connectivity index (χ3v) is 5.81. The van der Waals surface area contributed by atoms with Crippen molar-refractivity contribution in [2.24, 2.45) is 5.92 Å². The number of likely N-dealkylation sites (tertiary alicyclic amines) is 1. The molecule has 4 rings (SSSR count). The Labute approximate surface area is 215 Å². The number of benzene rings is 3. The minimum absolute atomic E-state index is 0.211. The van der Waals surface area contributed by atoms with Crippen LogP contribution in [0, 0.1) is 11.7 Å². The number of urea groups is 1. The number of nitrogens with one attached hydrogen (secondary N) is 2. The Kier molecular flexibility index (Phi) is 7.63. The van der Waals surface area contributed by atoms with E-state index in [4.69, 9.17) is 9.47 Å². The first-order valence-corrected chi connectivity index (χ1v) is 12.0. The summed E-state index contributed by atoms with van der Waals surface area (Å²) < 4.78 is 25.1. The van der Waals surface area contributed by atoms with Gasteiger partial charge in [-0.25, -0.2) is 9.18 Å². The summed E-state index contributed by atoms with van der Waals surface area (Å²) in [6.45, 7) is 4.57. The summed E-state index contributed by atoms with van der Waals surface area (Å²) in [7, 11) is 1.56. The van der Waals surface area contributed by atoms with Crippen LogP contribution in [0.15, 0.2) is 66.7 Å². The average molecular weight is 508 g/mol. The van der Waals surface area contributed by atoms with Crippen LogP contribution in [-0.2, 0) is 0 Å². The number of carbonyl (C=O) groups is 2. The van der Waals surface area contributed by atoms with Crippen LogP contribution >= 0.6 is 0 Å².